The second-order valence-corrected chi connectivity index (χ2v) is 8.35. The molecular weight excluding hydrogens is 363 g/mol. The number of hydrogen-bond donors (Lipinski definition) is 2. The number of halogens is 2. The molecule has 1 aliphatic rings. The van der Waals surface area contributed by atoms with E-state index in [0.29, 0.717) is 19.3 Å². The zero-order valence-electron chi connectivity index (χ0n) is 13.2. The Labute approximate surface area is 150 Å². The number of benzene rings is 2. The maximum Gasteiger partial charge on any atom is 0.242 e. The molecule has 4 nitrogen and oxygen atoms in total. The number of nitrogens with one attached hydrogen (secondary N) is 2. The van der Waals surface area contributed by atoms with Gasteiger partial charge in [-0.2, -0.15) is 0 Å². The van der Waals surface area contributed by atoms with Gasteiger partial charge in [-0.1, -0.05) is 23.7 Å². The van der Waals surface area contributed by atoms with Crippen LogP contribution in [-0.4, -0.2) is 19.4 Å². The molecule has 1 atom stereocenters. The van der Waals surface area contributed by atoms with Gasteiger partial charge in [0.05, 0.1) is 5.02 Å². The molecular formula is C18H16ClFN2O2S. The molecule has 0 amide bonds. The van der Waals surface area contributed by atoms with E-state index in [1.807, 2.05) is 0 Å². The van der Waals surface area contributed by atoms with Gasteiger partial charge in [0.15, 0.2) is 0 Å². The van der Waals surface area contributed by atoms with Gasteiger partial charge in [0.2, 0.25) is 10.0 Å². The molecule has 1 aromatic heterocycles. The topological polar surface area (TPSA) is 62.0 Å². The Hall–Kier alpha value is -1.89. The van der Waals surface area contributed by atoms with Crippen LogP contribution in [0.5, 0.6) is 0 Å². The van der Waals surface area contributed by atoms with Gasteiger partial charge in [-0.05, 0) is 55.2 Å². The largest absolute Gasteiger partial charge is 0.358 e. The number of sulfonamides is 1. The quantitative estimate of drug-likeness (QED) is 0.728. The minimum atomic E-state index is -3.70. The van der Waals surface area contributed by atoms with Crippen molar-refractivity contribution in [2.24, 2.45) is 0 Å². The first-order valence-electron chi connectivity index (χ1n) is 8.00. The fraction of sp³-hybridized carbons (Fsp3) is 0.222. The lowest BCUT2D eigenvalue weighted by Gasteiger charge is -2.23. The van der Waals surface area contributed by atoms with Gasteiger partial charge < -0.3 is 4.98 Å². The Kier molecular flexibility index (Phi) is 4.06. The summed E-state index contributed by atoms with van der Waals surface area (Å²) in [6.45, 7) is 0. The Balaban J connectivity index is 1.63. The minimum absolute atomic E-state index is 0.0763. The first kappa shape index (κ1) is 16.6. The highest BCUT2D eigenvalue weighted by Crippen LogP contribution is 2.30. The molecule has 0 spiro atoms. The number of rotatable bonds is 3. The van der Waals surface area contributed by atoms with E-state index in [1.54, 1.807) is 24.3 Å². The van der Waals surface area contributed by atoms with E-state index in [1.165, 1.54) is 18.2 Å². The number of aryl methyl sites for hydroxylation is 1. The highest BCUT2D eigenvalue weighted by atomic mass is 35.5. The maximum absolute atomic E-state index is 13.6. The smallest absolute Gasteiger partial charge is 0.242 e. The van der Waals surface area contributed by atoms with E-state index >= 15 is 0 Å². The molecule has 0 fully saturated rings. The Bertz CT molecular complexity index is 1060. The van der Waals surface area contributed by atoms with Crippen molar-refractivity contribution >= 4 is 32.5 Å². The van der Waals surface area contributed by atoms with Crippen LogP contribution in [0.4, 0.5) is 4.39 Å². The summed E-state index contributed by atoms with van der Waals surface area (Å²) in [5.41, 5.74) is 2.91. The molecule has 0 radical (unpaired) electrons. The summed E-state index contributed by atoms with van der Waals surface area (Å²) in [7, 11) is -3.70. The molecule has 1 aliphatic carbocycles. The predicted octanol–water partition coefficient (Wildman–Crippen LogP) is 3.80. The maximum atomic E-state index is 13.6. The third-order valence-electron chi connectivity index (χ3n) is 4.60. The highest BCUT2D eigenvalue weighted by molar-refractivity contribution is 7.89. The average molecular weight is 379 g/mol. The van der Waals surface area contributed by atoms with Gasteiger partial charge in [0.25, 0.3) is 0 Å². The van der Waals surface area contributed by atoms with Crippen LogP contribution < -0.4 is 4.72 Å². The van der Waals surface area contributed by atoms with Gasteiger partial charge in [-0.25, -0.2) is 17.5 Å². The van der Waals surface area contributed by atoms with Crippen molar-refractivity contribution in [2.45, 2.75) is 30.2 Å². The zero-order chi connectivity index (χ0) is 17.6. The van der Waals surface area contributed by atoms with E-state index in [9.17, 15) is 12.8 Å². The highest BCUT2D eigenvalue weighted by Gasteiger charge is 2.27. The summed E-state index contributed by atoms with van der Waals surface area (Å²) in [5.74, 6) is -0.298. The van der Waals surface area contributed by atoms with Gasteiger partial charge in [0.1, 0.15) is 10.7 Å². The summed E-state index contributed by atoms with van der Waals surface area (Å²) < 4.78 is 41.6. The van der Waals surface area contributed by atoms with Crippen molar-refractivity contribution in [3.63, 3.8) is 0 Å². The molecule has 4 rings (SSSR count). The van der Waals surface area contributed by atoms with Crippen molar-refractivity contribution in [3.05, 3.63) is 64.6 Å². The van der Waals surface area contributed by atoms with Gasteiger partial charge >= 0.3 is 0 Å². The molecule has 1 unspecified atom stereocenters. The second-order valence-electron chi connectivity index (χ2n) is 6.26. The van der Waals surface area contributed by atoms with E-state index in [4.69, 9.17) is 11.6 Å². The Morgan fingerprint density at radius 3 is 2.80 bits per heavy atom. The summed E-state index contributed by atoms with van der Waals surface area (Å²) in [6.07, 6.45) is 1.90. The van der Waals surface area contributed by atoms with Crippen molar-refractivity contribution in [2.75, 3.05) is 0 Å². The molecule has 7 heteroatoms. The predicted molar refractivity (Wildman–Crippen MR) is 95.8 cm³/mol. The standard InChI is InChI=1S/C18H16ClFN2O2S/c19-15-3-1-2-4-18(15)25(23,24)22-12-6-8-17-14(10-12)13-9-11(20)5-7-16(13)21-17/h1-5,7,9,12,21-22H,6,8,10H2. The molecule has 0 aliphatic heterocycles. The first-order valence-corrected chi connectivity index (χ1v) is 9.86. The Morgan fingerprint density at radius 2 is 2.00 bits per heavy atom. The fourth-order valence-electron chi connectivity index (χ4n) is 3.44. The molecule has 2 N–H and O–H groups in total. The van der Waals surface area contributed by atoms with Crippen LogP contribution in [-0.2, 0) is 22.9 Å². The summed E-state index contributed by atoms with van der Waals surface area (Å²) in [6, 6.07) is 10.7. The number of hydrogen-bond acceptors (Lipinski definition) is 2. The van der Waals surface area contributed by atoms with Crippen LogP contribution in [0, 0.1) is 5.82 Å². The lowest BCUT2D eigenvalue weighted by Crippen LogP contribution is -2.38. The summed E-state index contributed by atoms with van der Waals surface area (Å²) in [5, 5.41) is 1.01. The molecule has 3 aromatic rings. The van der Waals surface area contributed by atoms with Crippen molar-refractivity contribution < 1.29 is 12.8 Å². The number of aromatic nitrogens is 1. The molecule has 1 heterocycles. The van der Waals surface area contributed by atoms with Crippen molar-refractivity contribution in [1.82, 2.24) is 9.71 Å². The minimum Gasteiger partial charge on any atom is -0.358 e. The van der Waals surface area contributed by atoms with E-state index in [-0.39, 0.29) is 21.8 Å². The molecule has 130 valence electrons. The van der Waals surface area contributed by atoms with Gasteiger partial charge in [-0.3, -0.25) is 0 Å². The van der Waals surface area contributed by atoms with Gasteiger partial charge in [-0.15, -0.1) is 0 Å². The molecule has 25 heavy (non-hydrogen) atoms. The van der Waals surface area contributed by atoms with Crippen LogP contribution in [0.3, 0.4) is 0 Å². The normalized spacial score (nSPS) is 17.6. The lowest BCUT2D eigenvalue weighted by atomic mass is 9.92. The van der Waals surface area contributed by atoms with Crippen molar-refractivity contribution in [3.8, 4) is 0 Å². The third-order valence-corrected chi connectivity index (χ3v) is 6.62. The van der Waals surface area contributed by atoms with E-state index < -0.39 is 10.0 Å². The van der Waals surface area contributed by atoms with E-state index in [0.717, 1.165) is 22.2 Å². The first-order chi connectivity index (χ1) is 11.9. The van der Waals surface area contributed by atoms with E-state index in [2.05, 4.69) is 9.71 Å². The average Bonchev–Trinajstić information content (AvgIpc) is 2.92. The van der Waals surface area contributed by atoms with Crippen LogP contribution in [0.15, 0.2) is 47.4 Å². The van der Waals surface area contributed by atoms with Crippen LogP contribution in [0.25, 0.3) is 10.9 Å². The summed E-state index contributed by atoms with van der Waals surface area (Å²) >= 11 is 6.02. The number of aromatic amines is 1. The monoisotopic (exact) mass is 378 g/mol. The zero-order valence-corrected chi connectivity index (χ0v) is 14.8. The van der Waals surface area contributed by atoms with Crippen molar-refractivity contribution in [1.29, 1.82) is 0 Å². The summed E-state index contributed by atoms with van der Waals surface area (Å²) in [4.78, 5) is 3.38. The van der Waals surface area contributed by atoms with Crippen LogP contribution in [0.1, 0.15) is 17.7 Å². The molecule has 2 aromatic carbocycles. The molecule has 0 saturated heterocycles. The van der Waals surface area contributed by atoms with Crippen LogP contribution in [0.2, 0.25) is 5.02 Å². The number of fused-ring (bicyclic) bond motifs is 3. The Morgan fingerprint density at radius 1 is 1.20 bits per heavy atom. The van der Waals surface area contributed by atoms with Gasteiger partial charge in [0, 0.05) is 22.6 Å². The fourth-order valence-corrected chi connectivity index (χ4v) is 5.23. The molecule has 0 bridgehead atoms. The third kappa shape index (κ3) is 3.05. The SMILES string of the molecule is O=S(=O)(NC1CCc2[nH]c3ccc(F)cc3c2C1)c1ccccc1Cl. The molecule has 0 saturated carbocycles. The number of H-pyrrole nitrogens is 1. The lowest BCUT2D eigenvalue weighted by molar-refractivity contribution is 0.506. The van der Waals surface area contributed by atoms with Crippen LogP contribution >= 0.6 is 11.6 Å². The second kappa shape index (κ2) is 6.12.